The lowest BCUT2D eigenvalue weighted by atomic mass is 9.98. The predicted molar refractivity (Wildman–Crippen MR) is 152 cm³/mol. The number of hydrogen-bond donors (Lipinski definition) is 1. The highest BCUT2D eigenvalue weighted by atomic mass is 32.1. The lowest BCUT2D eigenvalue weighted by Gasteiger charge is -2.29. The maximum atomic E-state index is 13.5. The molecule has 0 saturated heterocycles. The molecule has 38 heavy (non-hydrogen) atoms. The Bertz CT molecular complexity index is 1400. The van der Waals surface area contributed by atoms with Gasteiger partial charge in [0.05, 0.1) is 12.6 Å². The van der Waals surface area contributed by atoms with Crippen LogP contribution in [0.2, 0.25) is 0 Å². The number of benzene rings is 2. The fourth-order valence-electron chi connectivity index (χ4n) is 4.97. The molecule has 1 fully saturated rings. The van der Waals surface area contributed by atoms with Crippen molar-refractivity contribution in [3.8, 4) is 28.1 Å². The standard InChI is InChI=1S/C30H30N4O3.H2S/c1-20(35)18-33-16-17-34-29(30(33)36)27(28(32-34)25-12-14-31-15-13-25)24-8-10-26(11-9-24)37-19-21-2-4-22(5-3-21)23-6-7-23;/h2-5,8-15,20,23,35H,6-7,16-19H2,1H3;1H2. The number of nitrogens with zero attached hydrogens (tertiary/aromatic N) is 4. The molecule has 0 spiro atoms. The summed E-state index contributed by atoms with van der Waals surface area (Å²) in [6, 6.07) is 20.4. The zero-order valence-corrected chi connectivity index (χ0v) is 22.4. The number of carbonyl (C=O) groups is 1. The van der Waals surface area contributed by atoms with Gasteiger partial charge in [-0.3, -0.25) is 14.5 Å². The Balaban J connectivity index is 0.00000294. The van der Waals surface area contributed by atoms with E-state index < -0.39 is 6.10 Å². The van der Waals surface area contributed by atoms with Crippen LogP contribution in [0.3, 0.4) is 0 Å². The molecule has 1 aliphatic carbocycles. The lowest BCUT2D eigenvalue weighted by molar-refractivity contribution is 0.0584. The van der Waals surface area contributed by atoms with Crippen LogP contribution in [0.4, 0.5) is 0 Å². The van der Waals surface area contributed by atoms with Crippen LogP contribution in [0.15, 0.2) is 73.1 Å². The smallest absolute Gasteiger partial charge is 0.272 e. The molecule has 3 heterocycles. The molecule has 8 heteroatoms. The second-order valence-corrected chi connectivity index (χ2v) is 9.96. The van der Waals surface area contributed by atoms with Gasteiger partial charge in [-0.1, -0.05) is 36.4 Å². The number of hydrogen-bond acceptors (Lipinski definition) is 5. The maximum absolute atomic E-state index is 13.5. The molecule has 6 rings (SSSR count). The van der Waals surface area contributed by atoms with Gasteiger partial charge in [-0.2, -0.15) is 18.6 Å². The molecule has 0 bridgehead atoms. The Morgan fingerprint density at radius 1 is 0.974 bits per heavy atom. The Labute approximate surface area is 229 Å². The monoisotopic (exact) mass is 528 g/mol. The molecule has 1 saturated carbocycles. The van der Waals surface area contributed by atoms with Crippen molar-refractivity contribution in [3.05, 3.63) is 89.9 Å². The van der Waals surface area contributed by atoms with E-state index in [0.29, 0.717) is 31.9 Å². The number of fused-ring (bicyclic) bond motifs is 1. The first-order valence-corrected chi connectivity index (χ1v) is 12.9. The highest BCUT2D eigenvalue weighted by molar-refractivity contribution is 7.59. The predicted octanol–water partition coefficient (Wildman–Crippen LogP) is 5.02. The molecule has 0 radical (unpaired) electrons. The summed E-state index contributed by atoms with van der Waals surface area (Å²) in [7, 11) is 0. The van der Waals surface area contributed by atoms with Crippen LogP contribution >= 0.6 is 13.5 Å². The first-order valence-electron chi connectivity index (χ1n) is 12.9. The van der Waals surface area contributed by atoms with Crippen LogP contribution in [-0.2, 0) is 13.2 Å². The first-order chi connectivity index (χ1) is 18.1. The topological polar surface area (TPSA) is 80.5 Å². The average Bonchev–Trinajstić information content (AvgIpc) is 3.70. The zero-order valence-electron chi connectivity index (χ0n) is 21.4. The van der Waals surface area contributed by atoms with Crippen LogP contribution in [0.5, 0.6) is 5.75 Å². The summed E-state index contributed by atoms with van der Waals surface area (Å²) in [4.78, 5) is 19.3. The largest absolute Gasteiger partial charge is 0.489 e. The van der Waals surface area contributed by atoms with E-state index in [2.05, 4.69) is 29.2 Å². The van der Waals surface area contributed by atoms with Crippen molar-refractivity contribution in [1.82, 2.24) is 19.7 Å². The number of aromatic nitrogens is 3. The summed E-state index contributed by atoms with van der Waals surface area (Å²) in [6.45, 7) is 3.59. The number of pyridine rings is 1. The van der Waals surface area contributed by atoms with E-state index in [9.17, 15) is 9.90 Å². The third-order valence-corrected chi connectivity index (χ3v) is 7.04. The molecule has 1 amide bonds. The van der Waals surface area contributed by atoms with Crippen LogP contribution in [0.1, 0.15) is 47.3 Å². The van der Waals surface area contributed by atoms with Crippen molar-refractivity contribution >= 4 is 19.4 Å². The summed E-state index contributed by atoms with van der Waals surface area (Å²) < 4.78 is 7.85. The molecule has 1 atom stereocenters. The van der Waals surface area contributed by atoms with Crippen molar-refractivity contribution in [2.75, 3.05) is 13.1 Å². The molecule has 2 aromatic carbocycles. The van der Waals surface area contributed by atoms with E-state index in [0.717, 1.165) is 39.6 Å². The highest BCUT2D eigenvalue weighted by Gasteiger charge is 2.32. The third-order valence-electron chi connectivity index (χ3n) is 7.04. The van der Waals surface area contributed by atoms with Crippen LogP contribution in [-0.4, -0.2) is 49.9 Å². The first kappa shape index (κ1) is 26.0. The molecule has 4 aromatic rings. The molecule has 1 N–H and O–H groups in total. The summed E-state index contributed by atoms with van der Waals surface area (Å²) in [5.74, 6) is 1.40. The van der Waals surface area contributed by atoms with Crippen LogP contribution < -0.4 is 4.74 Å². The van der Waals surface area contributed by atoms with E-state index in [1.807, 2.05) is 36.4 Å². The maximum Gasteiger partial charge on any atom is 0.272 e. The van der Waals surface area contributed by atoms with Crippen molar-refractivity contribution in [2.45, 2.75) is 44.9 Å². The second kappa shape index (κ2) is 11.0. The number of ether oxygens (including phenoxy) is 1. The third kappa shape index (κ3) is 5.33. The quantitative estimate of drug-likeness (QED) is 0.347. The second-order valence-electron chi connectivity index (χ2n) is 9.96. The summed E-state index contributed by atoms with van der Waals surface area (Å²) in [5, 5.41) is 14.7. The minimum Gasteiger partial charge on any atom is -0.489 e. The van der Waals surface area contributed by atoms with Gasteiger partial charge in [0.25, 0.3) is 5.91 Å². The fraction of sp³-hybridized carbons (Fsp3) is 0.300. The molecule has 1 unspecified atom stereocenters. The van der Waals surface area contributed by atoms with Crippen molar-refractivity contribution in [2.24, 2.45) is 0 Å². The number of amides is 1. The molecule has 2 aromatic heterocycles. The number of rotatable bonds is 8. The summed E-state index contributed by atoms with van der Waals surface area (Å²) >= 11 is 0. The summed E-state index contributed by atoms with van der Waals surface area (Å²) in [5.41, 5.74) is 6.43. The molecule has 2 aliphatic rings. The SMILES string of the molecule is CC(O)CN1CCn2nc(-c3ccncc3)c(-c3ccc(OCc4ccc(C5CC5)cc4)cc3)c2C1=O.S. The van der Waals surface area contributed by atoms with Gasteiger partial charge < -0.3 is 14.7 Å². The lowest BCUT2D eigenvalue weighted by Crippen LogP contribution is -2.43. The van der Waals surface area contributed by atoms with Gasteiger partial charge in [0.15, 0.2) is 0 Å². The average molecular weight is 529 g/mol. The van der Waals surface area contributed by atoms with Gasteiger partial charge in [0.1, 0.15) is 23.7 Å². The van der Waals surface area contributed by atoms with Crippen LogP contribution in [0.25, 0.3) is 22.4 Å². The van der Waals surface area contributed by atoms with Gasteiger partial charge in [0.2, 0.25) is 0 Å². The minimum atomic E-state index is -0.595. The Morgan fingerprint density at radius 2 is 1.68 bits per heavy atom. The zero-order chi connectivity index (χ0) is 25.4. The molecule has 1 aliphatic heterocycles. The van der Waals surface area contributed by atoms with Gasteiger partial charge in [-0.05, 0) is 66.6 Å². The Morgan fingerprint density at radius 3 is 2.34 bits per heavy atom. The van der Waals surface area contributed by atoms with E-state index >= 15 is 0 Å². The molecular weight excluding hydrogens is 496 g/mol. The van der Waals surface area contributed by atoms with Crippen molar-refractivity contribution < 1.29 is 14.6 Å². The van der Waals surface area contributed by atoms with Crippen LogP contribution in [0, 0.1) is 0 Å². The molecule has 7 nitrogen and oxygen atoms in total. The van der Waals surface area contributed by atoms with Crippen molar-refractivity contribution in [3.63, 3.8) is 0 Å². The fourth-order valence-corrected chi connectivity index (χ4v) is 4.97. The summed E-state index contributed by atoms with van der Waals surface area (Å²) in [6.07, 6.45) is 5.47. The van der Waals surface area contributed by atoms with Gasteiger partial charge in [-0.15, -0.1) is 0 Å². The number of aliphatic hydroxyl groups is 1. The number of carbonyl (C=O) groups excluding carboxylic acids is 1. The normalized spacial score (nSPS) is 15.5. The minimum absolute atomic E-state index is 0. The Kier molecular flexibility index (Phi) is 7.53. The van der Waals surface area contributed by atoms with E-state index in [4.69, 9.17) is 9.84 Å². The van der Waals surface area contributed by atoms with E-state index in [1.54, 1.807) is 28.9 Å². The van der Waals surface area contributed by atoms with Gasteiger partial charge in [0, 0.05) is 36.6 Å². The van der Waals surface area contributed by atoms with Gasteiger partial charge >= 0.3 is 0 Å². The molecule has 196 valence electrons. The van der Waals surface area contributed by atoms with Gasteiger partial charge in [-0.25, -0.2) is 0 Å². The van der Waals surface area contributed by atoms with Crippen molar-refractivity contribution in [1.29, 1.82) is 0 Å². The molecular formula is C30H32N4O3S. The number of aliphatic hydroxyl groups excluding tert-OH is 1. The van der Waals surface area contributed by atoms with E-state index in [-0.39, 0.29) is 19.4 Å². The number of β-amino-alcohol motifs (C(OH)–C–C–N with tert-alkyl or cyclic N) is 1. The Hall–Kier alpha value is -3.62. The highest BCUT2D eigenvalue weighted by Crippen LogP contribution is 2.40. The van der Waals surface area contributed by atoms with E-state index in [1.165, 1.54) is 18.4 Å².